The number of esters is 1. The molecule has 0 bridgehead atoms. The minimum absolute atomic E-state index is 0.0269. The Bertz CT molecular complexity index is 829. The monoisotopic (exact) mass is 353 g/mol. The maximum Gasteiger partial charge on any atom is 0.337 e. The number of hydrogen-bond acceptors (Lipinski definition) is 4. The van der Waals surface area contributed by atoms with E-state index in [1.807, 2.05) is 0 Å². The van der Waals surface area contributed by atoms with Crippen LogP contribution < -0.4 is 5.32 Å². The number of hydrogen-bond donors (Lipinski definition) is 2. The zero-order valence-electron chi connectivity index (χ0n) is 13.1. The lowest BCUT2D eigenvalue weighted by molar-refractivity contribution is -0.136. The molecule has 0 saturated heterocycles. The first kappa shape index (κ1) is 17.1. The number of halogens is 3. The van der Waals surface area contributed by atoms with Gasteiger partial charge in [-0.05, 0) is 18.6 Å². The summed E-state index contributed by atoms with van der Waals surface area (Å²) in [6.45, 7) is -0.0911. The van der Waals surface area contributed by atoms with Gasteiger partial charge >= 0.3 is 11.9 Å². The molecule has 2 N–H and O–H groups in total. The predicted molar refractivity (Wildman–Crippen MR) is 80.4 cm³/mol. The van der Waals surface area contributed by atoms with E-state index in [0.717, 1.165) is 6.07 Å². The normalized spacial score (nSPS) is 21.0. The summed E-state index contributed by atoms with van der Waals surface area (Å²) >= 11 is 0. The Balaban J connectivity index is 2.28. The number of alkyl halides is 2. The van der Waals surface area contributed by atoms with E-state index in [4.69, 9.17) is 4.74 Å². The van der Waals surface area contributed by atoms with Crippen molar-refractivity contribution in [1.82, 2.24) is 5.32 Å². The smallest absolute Gasteiger partial charge is 0.337 e. The highest BCUT2D eigenvalue weighted by Crippen LogP contribution is 2.44. The van der Waals surface area contributed by atoms with Gasteiger partial charge in [-0.2, -0.15) is 0 Å². The molecule has 2 unspecified atom stereocenters. The van der Waals surface area contributed by atoms with Crippen molar-refractivity contribution < 1.29 is 32.6 Å². The van der Waals surface area contributed by atoms with Crippen molar-refractivity contribution >= 4 is 11.9 Å². The minimum atomic E-state index is -2.28. The highest BCUT2D eigenvalue weighted by molar-refractivity contribution is 6.00. The van der Waals surface area contributed by atoms with E-state index in [1.165, 1.54) is 19.1 Å². The molecule has 0 spiro atoms. The highest BCUT2D eigenvalue weighted by Gasteiger charge is 2.43. The van der Waals surface area contributed by atoms with E-state index in [1.54, 1.807) is 0 Å². The molecule has 132 valence electrons. The number of nitrogens with one attached hydrogen (secondary N) is 1. The number of ether oxygens (including phenoxy) is 1. The largest absolute Gasteiger partial charge is 0.478 e. The first-order valence-corrected chi connectivity index (χ1v) is 7.46. The molecule has 2 atom stereocenters. The van der Waals surface area contributed by atoms with Gasteiger partial charge in [-0.3, -0.25) is 0 Å². The molecule has 2 heterocycles. The van der Waals surface area contributed by atoms with Gasteiger partial charge < -0.3 is 15.2 Å². The van der Waals surface area contributed by atoms with Crippen molar-refractivity contribution in [2.24, 2.45) is 0 Å². The SMILES string of the molecule is CC1=C(C(=O)O)C(c2cccc(F)c2C(F)CF)C2=C(COC2=O)N1. The second kappa shape index (κ2) is 6.27. The summed E-state index contributed by atoms with van der Waals surface area (Å²) in [5.74, 6) is -4.38. The van der Waals surface area contributed by atoms with E-state index in [0.29, 0.717) is 5.70 Å². The summed E-state index contributed by atoms with van der Waals surface area (Å²) in [5.41, 5.74) is -0.398. The van der Waals surface area contributed by atoms with Gasteiger partial charge in [-0.15, -0.1) is 0 Å². The van der Waals surface area contributed by atoms with Crippen molar-refractivity contribution in [3.8, 4) is 0 Å². The maximum atomic E-state index is 14.2. The molecule has 0 amide bonds. The third-order valence-electron chi connectivity index (χ3n) is 4.29. The van der Waals surface area contributed by atoms with Crippen LogP contribution >= 0.6 is 0 Å². The van der Waals surface area contributed by atoms with Gasteiger partial charge in [0.25, 0.3) is 0 Å². The number of dihydropyridines is 1. The maximum absolute atomic E-state index is 14.2. The van der Waals surface area contributed by atoms with Crippen LogP contribution in [0.3, 0.4) is 0 Å². The van der Waals surface area contributed by atoms with E-state index in [-0.39, 0.29) is 29.0 Å². The van der Waals surface area contributed by atoms with Gasteiger partial charge in [0.15, 0.2) is 6.17 Å². The van der Waals surface area contributed by atoms with Crippen molar-refractivity contribution in [3.05, 3.63) is 57.7 Å². The van der Waals surface area contributed by atoms with Gasteiger partial charge in [0.05, 0.1) is 22.8 Å². The third-order valence-corrected chi connectivity index (χ3v) is 4.29. The molecule has 8 heteroatoms. The summed E-state index contributed by atoms with van der Waals surface area (Å²) in [4.78, 5) is 23.9. The van der Waals surface area contributed by atoms with E-state index in [2.05, 4.69) is 5.32 Å². The lowest BCUT2D eigenvalue weighted by Gasteiger charge is -2.28. The van der Waals surface area contributed by atoms with Gasteiger partial charge in [-0.25, -0.2) is 22.8 Å². The van der Waals surface area contributed by atoms with Gasteiger partial charge in [0.1, 0.15) is 19.1 Å². The summed E-state index contributed by atoms with van der Waals surface area (Å²) in [6.07, 6.45) is -2.28. The minimum Gasteiger partial charge on any atom is -0.478 e. The number of carbonyl (C=O) groups excluding carboxylic acids is 1. The molecule has 0 aliphatic carbocycles. The van der Waals surface area contributed by atoms with E-state index >= 15 is 0 Å². The molecular formula is C17H14F3NO4. The van der Waals surface area contributed by atoms with Crippen LogP contribution in [0.1, 0.15) is 30.1 Å². The topological polar surface area (TPSA) is 75.6 Å². The number of allylic oxidation sites excluding steroid dienone is 1. The number of benzene rings is 1. The van der Waals surface area contributed by atoms with E-state index < -0.39 is 42.1 Å². The number of carbonyl (C=O) groups is 2. The Labute approximate surface area is 140 Å². The van der Waals surface area contributed by atoms with Crippen LogP contribution in [-0.2, 0) is 14.3 Å². The quantitative estimate of drug-likeness (QED) is 0.814. The standard InChI is InChI=1S/C17H14F3NO4/c1-7-12(16(22)23)14(15-11(21-7)6-25-17(15)24)8-3-2-4-9(19)13(8)10(20)5-18/h2-4,10,14,21H,5-6H2,1H3,(H,22,23). The Morgan fingerprint density at radius 2 is 2.20 bits per heavy atom. The van der Waals surface area contributed by atoms with Crippen molar-refractivity contribution in [2.45, 2.75) is 19.0 Å². The molecule has 0 radical (unpaired) electrons. The molecular weight excluding hydrogens is 339 g/mol. The first-order chi connectivity index (χ1) is 11.9. The average Bonchev–Trinajstić information content (AvgIpc) is 2.93. The molecule has 25 heavy (non-hydrogen) atoms. The highest BCUT2D eigenvalue weighted by atomic mass is 19.2. The summed E-state index contributed by atoms with van der Waals surface area (Å²) in [7, 11) is 0. The van der Waals surface area contributed by atoms with Crippen LogP contribution in [0.4, 0.5) is 13.2 Å². The number of cyclic esters (lactones) is 1. The van der Waals surface area contributed by atoms with Crippen molar-refractivity contribution in [2.75, 3.05) is 13.3 Å². The molecule has 0 aromatic heterocycles. The molecule has 2 aliphatic heterocycles. The number of rotatable bonds is 4. The zero-order chi connectivity index (χ0) is 18.3. The van der Waals surface area contributed by atoms with Gasteiger partial charge in [-0.1, -0.05) is 12.1 Å². The lowest BCUT2D eigenvalue weighted by atomic mass is 9.78. The summed E-state index contributed by atoms with van der Waals surface area (Å²) < 4.78 is 46.1. The fourth-order valence-electron chi connectivity index (χ4n) is 3.27. The Kier molecular flexibility index (Phi) is 4.28. The lowest BCUT2D eigenvalue weighted by Crippen LogP contribution is -2.30. The Morgan fingerprint density at radius 1 is 1.48 bits per heavy atom. The number of carboxylic acids is 1. The molecule has 1 aromatic carbocycles. The van der Waals surface area contributed by atoms with Crippen LogP contribution in [-0.4, -0.2) is 30.3 Å². The Morgan fingerprint density at radius 3 is 2.84 bits per heavy atom. The summed E-state index contributed by atoms with van der Waals surface area (Å²) in [6, 6.07) is 3.51. The molecule has 3 rings (SSSR count). The fourth-order valence-corrected chi connectivity index (χ4v) is 3.27. The third kappa shape index (κ3) is 2.67. The number of carboxylic acid groups (broad SMARTS) is 1. The van der Waals surface area contributed by atoms with Crippen LogP contribution in [0.2, 0.25) is 0 Å². The molecule has 1 aromatic rings. The average molecular weight is 353 g/mol. The van der Waals surface area contributed by atoms with E-state index in [9.17, 15) is 27.9 Å². The van der Waals surface area contributed by atoms with Gasteiger partial charge in [0, 0.05) is 11.3 Å². The number of aliphatic carboxylic acids is 1. The van der Waals surface area contributed by atoms with Crippen LogP contribution in [0.25, 0.3) is 0 Å². The van der Waals surface area contributed by atoms with Crippen LogP contribution in [0.15, 0.2) is 40.7 Å². The first-order valence-electron chi connectivity index (χ1n) is 7.46. The van der Waals surface area contributed by atoms with Crippen LogP contribution in [0.5, 0.6) is 0 Å². The second-order valence-corrected chi connectivity index (χ2v) is 5.73. The predicted octanol–water partition coefficient (Wildman–Crippen LogP) is 2.66. The van der Waals surface area contributed by atoms with Crippen molar-refractivity contribution in [1.29, 1.82) is 0 Å². The molecule has 0 saturated carbocycles. The zero-order valence-corrected chi connectivity index (χ0v) is 13.1. The van der Waals surface area contributed by atoms with Gasteiger partial charge in [0.2, 0.25) is 0 Å². The van der Waals surface area contributed by atoms with Crippen LogP contribution in [0, 0.1) is 5.82 Å². The van der Waals surface area contributed by atoms with Crippen molar-refractivity contribution in [3.63, 3.8) is 0 Å². The second-order valence-electron chi connectivity index (χ2n) is 5.73. The Hall–Kier alpha value is -2.77. The fraction of sp³-hybridized carbons (Fsp3) is 0.294. The molecule has 5 nitrogen and oxygen atoms in total. The summed E-state index contributed by atoms with van der Waals surface area (Å²) in [5, 5.41) is 12.4. The molecule has 2 aliphatic rings. The molecule has 0 fully saturated rings.